The maximum absolute atomic E-state index is 13.3. The highest BCUT2D eigenvalue weighted by Crippen LogP contribution is 2.30. The summed E-state index contributed by atoms with van der Waals surface area (Å²) < 4.78 is 13.7. The number of hydrogen-bond acceptors (Lipinski definition) is 2. The Morgan fingerprint density at radius 3 is 2.25 bits per heavy atom. The van der Waals surface area contributed by atoms with Crippen molar-refractivity contribution < 1.29 is 4.39 Å². The molecule has 2 nitrogen and oxygen atoms in total. The Kier molecular flexibility index (Phi) is 4.04. The summed E-state index contributed by atoms with van der Waals surface area (Å²) in [7, 11) is 0. The third-order valence-electron chi connectivity index (χ3n) is 3.12. The molecule has 0 aliphatic rings. The van der Waals surface area contributed by atoms with Gasteiger partial charge in [0.25, 0.3) is 0 Å². The van der Waals surface area contributed by atoms with Crippen molar-refractivity contribution >= 4 is 33.0 Å². The molecule has 2 rings (SSSR count). The first kappa shape index (κ1) is 14.9. The van der Waals surface area contributed by atoms with E-state index in [4.69, 9.17) is 5.73 Å². The standard InChI is InChI=1S/C16H18BrFN2/c1-16(2,3)10-4-6-11(7-5-10)20-15-8-12(17)13(18)9-14(15)19/h4-9,20H,19H2,1-3H3. The van der Waals surface area contributed by atoms with Gasteiger partial charge in [0.1, 0.15) is 5.82 Å². The molecule has 0 saturated carbocycles. The third kappa shape index (κ3) is 3.31. The van der Waals surface area contributed by atoms with Gasteiger partial charge in [-0.2, -0.15) is 0 Å². The smallest absolute Gasteiger partial charge is 0.139 e. The Hall–Kier alpha value is -1.55. The van der Waals surface area contributed by atoms with Crippen molar-refractivity contribution in [3.63, 3.8) is 0 Å². The summed E-state index contributed by atoms with van der Waals surface area (Å²) in [5.74, 6) is -0.365. The number of benzene rings is 2. The predicted octanol–water partition coefficient (Wildman–Crippen LogP) is 5.21. The Bertz CT molecular complexity index is 616. The number of anilines is 3. The summed E-state index contributed by atoms with van der Waals surface area (Å²) >= 11 is 3.16. The zero-order valence-corrected chi connectivity index (χ0v) is 13.4. The van der Waals surface area contributed by atoms with Crippen LogP contribution in [0.25, 0.3) is 0 Å². The molecule has 2 aromatic carbocycles. The van der Waals surface area contributed by atoms with E-state index in [0.29, 0.717) is 15.8 Å². The van der Waals surface area contributed by atoms with E-state index >= 15 is 0 Å². The average Bonchev–Trinajstić information content (AvgIpc) is 2.35. The lowest BCUT2D eigenvalue weighted by Crippen LogP contribution is -2.10. The topological polar surface area (TPSA) is 38.0 Å². The molecule has 0 fully saturated rings. The van der Waals surface area contributed by atoms with E-state index in [9.17, 15) is 4.39 Å². The summed E-state index contributed by atoms with van der Waals surface area (Å²) in [6.45, 7) is 6.51. The zero-order chi connectivity index (χ0) is 14.9. The SMILES string of the molecule is CC(C)(C)c1ccc(Nc2cc(Br)c(F)cc2N)cc1. The number of nitrogen functional groups attached to an aromatic ring is 1. The largest absolute Gasteiger partial charge is 0.397 e. The number of halogens is 2. The molecule has 106 valence electrons. The van der Waals surface area contributed by atoms with E-state index in [2.05, 4.69) is 54.2 Å². The van der Waals surface area contributed by atoms with Crippen molar-refractivity contribution in [2.45, 2.75) is 26.2 Å². The summed E-state index contributed by atoms with van der Waals surface area (Å²) in [6.07, 6.45) is 0. The molecule has 0 heterocycles. The fraction of sp³-hybridized carbons (Fsp3) is 0.250. The number of rotatable bonds is 2. The van der Waals surface area contributed by atoms with Gasteiger partial charge in [-0.3, -0.25) is 0 Å². The van der Waals surface area contributed by atoms with E-state index in [1.54, 1.807) is 6.07 Å². The van der Waals surface area contributed by atoms with Gasteiger partial charge in [0.05, 0.1) is 15.8 Å². The summed E-state index contributed by atoms with van der Waals surface area (Å²) in [5, 5.41) is 3.20. The van der Waals surface area contributed by atoms with Crippen molar-refractivity contribution in [2.24, 2.45) is 0 Å². The first-order valence-corrected chi connectivity index (χ1v) is 7.19. The average molecular weight is 337 g/mol. The number of nitrogens with two attached hydrogens (primary N) is 1. The van der Waals surface area contributed by atoms with Gasteiger partial charge < -0.3 is 11.1 Å². The van der Waals surface area contributed by atoms with Gasteiger partial charge >= 0.3 is 0 Å². The van der Waals surface area contributed by atoms with Crippen LogP contribution >= 0.6 is 15.9 Å². The highest BCUT2D eigenvalue weighted by molar-refractivity contribution is 9.10. The minimum Gasteiger partial charge on any atom is -0.397 e. The quantitative estimate of drug-likeness (QED) is 0.738. The Balaban J connectivity index is 2.25. The van der Waals surface area contributed by atoms with Crippen molar-refractivity contribution in [3.8, 4) is 0 Å². The molecule has 0 unspecified atom stereocenters. The lowest BCUT2D eigenvalue weighted by molar-refractivity contribution is 0.590. The highest BCUT2D eigenvalue weighted by atomic mass is 79.9. The number of hydrogen-bond donors (Lipinski definition) is 2. The van der Waals surface area contributed by atoms with Gasteiger partial charge in [-0.15, -0.1) is 0 Å². The Morgan fingerprint density at radius 1 is 1.10 bits per heavy atom. The zero-order valence-electron chi connectivity index (χ0n) is 11.8. The minimum absolute atomic E-state index is 0.121. The van der Waals surface area contributed by atoms with Crippen LogP contribution in [0.3, 0.4) is 0 Å². The van der Waals surface area contributed by atoms with Crippen LogP contribution < -0.4 is 11.1 Å². The molecule has 3 N–H and O–H groups in total. The second-order valence-corrected chi connectivity index (χ2v) is 6.66. The monoisotopic (exact) mass is 336 g/mol. The van der Waals surface area contributed by atoms with E-state index in [-0.39, 0.29) is 11.2 Å². The molecular weight excluding hydrogens is 319 g/mol. The lowest BCUT2D eigenvalue weighted by atomic mass is 9.87. The second kappa shape index (κ2) is 5.44. The molecule has 2 aromatic rings. The maximum atomic E-state index is 13.3. The highest BCUT2D eigenvalue weighted by Gasteiger charge is 2.13. The van der Waals surface area contributed by atoms with Gasteiger partial charge in [0.2, 0.25) is 0 Å². The molecule has 4 heteroatoms. The first-order valence-electron chi connectivity index (χ1n) is 6.39. The minimum atomic E-state index is -0.365. The molecule has 20 heavy (non-hydrogen) atoms. The summed E-state index contributed by atoms with van der Waals surface area (Å²) in [6, 6.07) is 11.1. The van der Waals surface area contributed by atoms with E-state index in [1.807, 2.05) is 12.1 Å². The van der Waals surface area contributed by atoms with Crippen molar-refractivity contribution in [2.75, 3.05) is 11.1 Å². The van der Waals surface area contributed by atoms with Crippen LogP contribution in [0.2, 0.25) is 0 Å². The fourth-order valence-corrected chi connectivity index (χ4v) is 2.22. The van der Waals surface area contributed by atoms with Gasteiger partial charge in [0.15, 0.2) is 0 Å². The van der Waals surface area contributed by atoms with Gasteiger partial charge in [-0.05, 0) is 45.1 Å². The summed E-state index contributed by atoms with van der Waals surface area (Å²) in [4.78, 5) is 0. The second-order valence-electron chi connectivity index (χ2n) is 5.81. The molecular formula is C16H18BrFN2. The molecule has 0 aliphatic carbocycles. The molecule has 0 atom stereocenters. The van der Waals surface area contributed by atoms with E-state index < -0.39 is 0 Å². The first-order chi connectivity index (χ1) is 9.27. The van der Waals surface area contributed by atoms with E-state index in [1.165, 1.54) is 11.6 Å². The van der Waals surface area contributed by atoms with Crippen LogP contribution in [0.1, 0.15) is 26.3 Å². The van der Waals surface area contributed by atoms with Crippen molar-refractivity contribution in [1.29, 1.82) is 0 Å². The van der Waals surface area contributed by atoms with Crippen LogP contribution in [-0.4, -0.2) is 0 Å². The van der Waals surface area contributed by atoms with Gasteiger partial charge in [-0.1, -0.05) is 32.9 Å². The molecule has 0 spiro atoms. The van der Waals surface area contributed by atoms with Crippen LogP contribution in [0.5, 0.6) is 0 Å². The van der Waals surface area contributed by atoms with Gasteiger partial charge in [0, 0.05) is 11.8 Å². The maximum Gasteiger partial charge on any atom is 0.139 e. The van der Waals surface area contributed by atoms with Crippen molar-refractivity contribution in [3.05, 3.63) is 52.3 Å². The lowest BCUT2D eigenvalue weighted by Gasteiger charge is -2.19. The molecule has 0 aromatic heterocycles. The fourth-order valence-electron chi connectivity index (χ4n) is 1.88. The Labute approximate surface area is 127 Å². The Morgan fingerprint density at radius 2 is 1.70 bits per heavy atom. The molecule has 0 saturated heterocycles. The van der Waals surface area contributed by atoms with Gasteiger partial charge in [-0.25, -0.2) is 4.39 Å². The van der Waals surface area contributed by atoms with Crippen LogP contribution in [0.4, 0.5) is 21.5 Å². The van der Waals surface area contributed by atoms with Crippen LogP contribution in [0.15, 0.2) is 40.9 Å². The molecule has 0 aliphatic heterocycles. The number of nitrogens with one attached hydrogen (secondary N) is 1. The predicted molar refractivity (Wildman–Crippen MR) is 86.9 cm³/mol. The van der Waals surface area contributed by atoms with Crippen LogP contribution in [-0.2, 0) is 5.41 Å². The molecule has 0 bridgehead atoms. The molecule has 0 amide bonds. The van der Waals surface area contributed by atoms with E-state index in [0.717, 1.165) is 5.69 Å². The van der Waals surface area contributed by atoms with Crippen molar-refractivity contribution in [1.82, 2.24) is 0 Å². The van der Waals surface area contributed by atoms with Crippen LogP contribution in [0, 0.1) is 5.82 Å². The normalized spacial score (nSPS) is 11.4. The summed E-state index contributed by atoms with van der Waals surface area (Å²) in [5.41, 5.74) is 9.18. The molecule has 0 radical (unpaired) electrons. The third-order valence-corrected chi connectivity index (χ3v) is 3.73.